The van der Waals surface area contributed by atoms with Crippen molar-refractivity contribution in [1.29, 1.82) is 0 Å². The van der Waals surface area contributed by atoms with Gasteiger partial charge in [-0.1, -0.05) is 62.0 Å². The minimum Gasteiger partial charge on any atom is -0.370 e. The van der Waals surface area contributed by atoms with Crippen molar-refractivity contribution in [3.63, 3.8) is 0 Å². The maximum atomic E-state index is 13.0. The molecule has 0 saturated heterocycles. The fourth-order valence-corrected chi connectivity index (χ4v) is 4.05. The number of hydrogen-bond donors (Lipinski definition) is 1. The molecular formula is C23H26N4O2S. The van der Waals surface area contributed by atoms with Crippen LogP contribution in [0.4, 0.5) is 5.69 Å². The summed E-state index contributed by atoms with van der Waals surface area (Å²) in [6, 6.07) is 17.5. The van der Waals surface area contributed by atoms with Crippen LogP contribution in [0.25, 0.3) is 5.69 Å². The van der Waals surface area contributed by atoms with Crippen LogP contribution >= 0.6 is 11.8 Å². The van der Waals surface area contributed by atoms with Gasteiger partial charge in [-0.05, 0) is 29.7 Å². The zero-order valence-electron chi connectivity index (χ0n) is 17.2. The fraction of sp³-hybridized carbons (Fsp3) is 0.261. The molecule has 0 atom stereocenters. The van der Waals surface area contributed by atoms with E-state index in [0.717, 1.165) is 16.5 Å². The second-order valence-electron chi connectivity index (χ2n) is 7.18. The fourth-order valence-electron chi connectivity index (χ4n) is 3.21. The molecule has 2 amide bonds. The first-order valence-corrected chi connectivity index (χ1v) is 10.8. The number of imidazole rings is 1. The van der Waals surface area contributed by atoms with Crippen LogP contribution in [0.1, 0.15) is 31.7 Å². The van der Waals surface area contributed by atoms with E-state index in [2.05, 4.69) is 31.0 Å². The van der Waals surface area contributed by atoms with Crippen molar-refractivity contribution in [3.8, 4) is 5.69 Å². The molecule has 1 heterocycles. The smallest absolute Gasteiger partial charge is 0.237 e. The molecule has 0 spiro atoms. The summed E-state index contributed by atoms with van der Waals surface area (Å²) >= 11 is 1.38. The Hall–Kier alpha value is -3.06. The largest absolute Gasteiger partial charge is 0.370 e. The van der Waals surface area contributed by atoms with Gasteiger partial charge in [0.15, 0.2) is 5.16 Å². The van der Waals surface area contributed by atoms with Crippen molar-refractivity contribution < 1.29 is 9.59 Å². The maximum absolute atomic E-state index is 13.0. The molecule has 0 aliphatic heterocycles. The van der Waals surface area contributed by atoms with Gasteiger partial charge in [-0.3, -0.25) is 14.2 Å². The van der Waals surface area contributed by atoms with Gasteiger partial charge in [-0.15, -0.1) is 0 Å². The molecule has 0 bridgehead atoms. The highest BCUT2D eigenvalue weighted by molar-refractivity contribution is 7.99. The summed E-state index contributed by atoms with van der Waals surface area (Å²) in [4.78, 5) is 30.3. The van der Waals surface area contributed by atoms with Gasteiger partial charge in [-0.25, -0.2) is 4.98 Å². The number of para-hydroxylation sites is 2. The van der Waals surface area contributed by atoms with E-state index in [-0.39, 0.29) is 24.6 Å². The highest BCUT2D eigenvalue weighted by Gasteiger charge is 2.19. The van der Waals surface area contributed by atoms with Crippen molar-refractivity contribution >= 4 is 29.3 Å². The number of carbonyl (C=O) groups is 2. The Labute approximate surface area is 181 Å². The molecule has 2 N–H and O–H groups in total. The van der Waals surface area contributed by atoms with Gasteiger partial charge < -0.3 is 10.6 Å². The van der Waals surface area contributed by atoms with Gasteiger partial charge in [0.2, 0.25) is 11.8 Å². The van der Waals surface area contributed by atoms with E-state index in [9.17, 15) is 9.59 Å². The van der Waals surface area contributed by atoms with Crippen LogP contribution < -0.4 is 10.6 Å². The van der Waals surface area contributed by atoms with E-state index in [1.807, 2.05) is 53.2 Å². The molecule has 156 valence electrons. The first-order valence-electron chi connectivity index (χ1n) is 9.86. The molecule has 0 unspecified atom stereocenters. The number of anilines is 1. The highest BCUT2D eigenvalue weighted by Crippen LogP contribution is 2.27. The average Bonchev–Trinajstić information content (AvgIpc) is 3.21. The molecule has 0 aliphatic carbocycles. The van der Waals surface area contributed by atoms with Gasteiger partial charge in [0.1, 0.15) is 0 Å². The molecule has 0 saturated carbocycles. The van der Waals surface area contributed by atoms with Crippen molar-refractivity contribution in [3.05, 3.63) is 72.6 Å². The second-order valence-corrected chi connectivity index (χ2v) is 8.12. The van der Waals surface area contributed by atoms with E-state index in [1.54, 1.807) is 11.1 Å². The number of aromatic nitrogens is 2. The Morgan fingerprint density at radius 2 is 1.80 bits per heavy atom. The number of primary amides is 1. The third-order valence-electron chi connectivity index (χ3n) is 4.70. The Balaban J connectivity index is 1.77. The second kappa shape index (κ2) is 10.1. The van der Waals surface area contributed by atoms with Crippen molar-refractivity contribution in [1.82, 2.24) is 9.55 Å². The highest BCUT2D eigenvalue weighted by atomic mass is 32.2. The lowest BCUT2D eigenvalue weighted by Crippen LogP contribution is -2.35. The number of benzene rings is 2. The Morgan fingerprint density at radius 1 is 1.10 bits per heavy atom. The SMILES string of the molecule is CC(C)c1ccccc1-n1ccnc1SCC(=O)N(CCC(N)=O)c1ccccc1. The number of nitrogens with two attached hydrogens (primary N) is 1. The zero-order valence-corrected chi connectivity index (χ0v) is 18.0. The van der Waals surface area contributed by atoms with Crippen LogP contribution in [0, 0.1) is 0 Å². The minimum atomic E-state index is -0.433. The maximum Gasteiger partial charge on any atom is 0.237 e. The third kappa shape index (κ3) is 5.30. The minimum absolute atomic E-state index is 0.0980. The normalized spacial score (nSPS) is 10.9. The topological polar surface area (TPSA) is 81.2 Å². The zero-order chi connectivity index (χ0) is 21.5. The lowest BCUT2D eigenvalue weighted by molar-refractivity contribution is -0.118. The molecule has 7 heteroatoms. The van der Waals surface area contributed by atoms with Crippen LogP contribution in [0.2, 0.25) is 0 Å². The summed E-state index contributed by atoms with van der Waals surface area (Å²) in [5, 5.41) is 0.749. The molecular weight excluding hydrogens is 396 g/mol. The summed E-state index contributed by atoms with van der Waals surface area (Å²) in [5.74, 6) is 0.0379. The Morgan fingerprint density at radius 3 is 2.50 bits per heavy atom. The van der Waals surface area contributed by atoms with Crippen LogP contribution in [0.5, 0.6) is 0 Å². The molecule has 6 nitrogen and oxygen atoms in total. The molecule has 0 radical (unpaired) electrons. The quantitative estimate of drug-likeness (QED) is 0.529. The summed E-state index contributed by atoms with van der Waals surface area (Å²) in [7, 11) is 0. The Kier molecular flexibility index (Phi) is 7.30. The number of hydrogen-bond acceptors (Lipinski definition) is 4. The van der Waals surface area contributed by atoms with Crippen molar-refractivity contribution in [2.45, 2.75) is 31.3 Å². The first kappa shape index (κ1) is 21.6. The van der Waals surface area contributed by atoms with E-state index >= 15 is 0 Å². The van der Waals surface area contributed by atoms with E-state index in [1.165, 1.54) is 17.3 Å². The van der Waals surface area contributed by atoms with Gasteiger partial charge in [0.25, 0.3) is 0 Å². The number of amides is 2. The Bertz CT molecular complexity index is 1000. The van der Waals surface area contributed by atoms with Gasteiger partial charge in [-0.2, -0.15) is 0 Å². The van der Waals surface area contributed by atoms with E-state index in [4.69, 9.17) is 5.73 Å². The monoisotopic (exact) mass is 422 g/mol. The molecule has 0 fully saturated rings. The molecule has 3 rings (SSSR count). The molecule has 30 heavy (non-hydrogen) atoms. The average molecular weight is 423 g/mol. The number of nitrogens with zero attached hydrogens (tertiary/aromatic N) is 3. The molecule has 2 aromatic carbocycles. The molecule has 0 aliphatic rings. The summed E-state index contributed by atoms with van der Waals surface area (Å²) in [5.41, 5.74) is 8.33. The standard InChI is InChI=1S/C23H26N4O2S/c1-17(2)19-10-6-7-11-20(19)27-15-13-25-23(27)30-16-22(29)26(14-12-21(24)28)18-8-4-3-5-9-18/h3-11,13,15,17H,12,14,16H2,1-2H3,(H2,24,28). The van der Waals surface area contributed by atoms with Crippen LogP contribution in [0.15, 0.2) is 72.1 Å². The lowest BCUT2D eigenvalue weighted by atomic mass is 10.0. The van der Waals surface area contributed by atoms with Gasteiger partial charge >= 0.3 is 0 Å². The van der Waals surface area contributed by atoms with Crippen molar-refractivity contribution in [2.24, 2.45) is 5.73 Å². The molecule has 1 aromatic heterocycles. The van der Waals surface area contributed by atoms with E-state index in [0.29, 0.717) is 5.92 Å². The predicted octanol–water partition coefficient (Wildman–Crippen LogP) is 4.00. The first-order chi connectivity index (χ1) is 14.5. The van der Waals surface area contributed by atoms with Crippen LogP contribution in [0.3, 0.4) is 0 Å². The van der Waals surface area contributed by atoms with Gasteiger partial charge in [0, 0.05) is 31.0 Å². The predicted molar refractivity (Wildman–Crippen MR) is 121 cm³/mol. The third-order valence-corrected chi connectivity index (χ3v) is 5.65. The summed E-state index contributed by atoms with van der Waals surface area (Å²) in [6.45, 7) is 4.56. The van der Waals surface area contributed by atoms with E-state index < -0.39 is 5.91 Å². The summed E-state index contributed by atoms with van der Waals surface area (Å²) in [6.07, 6.45) is 3.77. The van der Waals surface area contributed by atoms with Crippen LogP contribution in [-0.4, -0.2) is 33.7 Å². The lowest BCUT2D eigenvalue weighted by Gasteiger charge is -2.22. The number of rotatable bonds is 9. The number of thioether (sulfide) groups is 1. The number of carbonyl (C=O) groups excluding carboxylic acids is 2. The van der Waals surface area contributed by atoms with Crippen molar-refractivity contribution in [2.75, 3.05) is 17.2 Å². The summed E-state index contributed by atoms with van der Waals surface area (Å²) < 4.78 is 2.02. The van der Waals surface area contributed by atoms with Crippen LogP contribution in [-0.2, 0) is 9.59 Å². The van der Waals surface area contributed by atoms with Gasteiger partial charge in [0.05, 0.1) is 11.4 Å². The molecule has 3 aromatic rings.